The standard InChI is InChI=1S/C2H6BrFO5P2.C2H6ClFO5P2.C2H7FO5P2.CH4/c2*1-10(5,6)2(3,4)11(7,8)9;1-9(4,5)2(3)10(6,7)8;/h2*1H3,(H,5,6)(H2,7,8,9);2H,1H3,(H,4,5)(H2,6,7,8);1H4/i2*4-1;3-1;. The SMILES string of the molecule is C.CP(=O)(O)C([18F])(Br)P(=O)(O)O.CP(=O)(O)C([18F])(Cl)P(=O)(O)O.CP(=O)(O)C([18F])P(=O)(O)O. The summed E-state index contributed by atoms with van der Waals surface area (Å²) in [5, 5.41) is 0. The summed E-state index contributed by atoms with van der Waals surface area (Å²) in [6.45, 7) is 1.50. The van der Waals surface area contributed by atoms with E-state index in [-0.39, 0.29) is 7.43 Å². The molecule has 0 fully saturated rings. The van der Waals surface area contributed by atoms with Gasteiger partial charge in [0.2, 0.25) is 7.37 Å². The van der Waals surface area contributed by atoms with Crippen molar-refractivity contribution in [2.24, 2.45) is 0 Å². The summed E-state index contributed by atoms with van der Waals surface area (Å²) in [5.74, 6) is 0. The molecule has 0 bridgehead atoms. The van der Waals surface area contributed by atoms with Crippen molar-refractivity contribution in [1.29, 1.82) is 0 Å². The first-order valence-electron chi connectivity index (χ1n) is 6.62. The molecule has 0 aliphatic heterocycles. The van der Waals surface area contributed by atoms with E-state index in [4.69, 9.17) is 44.0 Å². The van der Waals surface area contributed by atoms with Gasteiger partial charge >= 0.3 is 31.5 Å². The van der Waals surface area contributed by atoms with E-state index in [9.17, 15) is 40.6 Å². The van der Waals surface area contributed by atoms with Crippen molar-refractivity contribution in [1.82, 2.24) is 0 Å². The van der Waals surface area contributed by atoms with E-state index in [2.05, 4.69) is 11.6 Å². The highest BCUT2D eigenvalue weighted by Gasteiger charge is 2.58. The maximum absolute atomic E-state index is 12.7. The van der Waals surface area contributed by atoms with Gasteiger partial charge in [-0.15, -0.1) is 0 Å². The Morgan fingerprint density at radius 2 is 1.00 bits per heavy atom. The number of alkyl halides is 5. The van der Waals surface area contributed by atoms with Crippen molar-refractivity contribution in [2.75, 3.05) is 20.0 Å². The number of halogens is 5. The largest absolute Gasteiger partial charge is 0.388 e. The lowest BCUT2D eigenvalue weighted by Crippen LogP contribution is -2.14. The Hall–Kier alpha value is 1.58. The van der Waals surface area contributed by atoms with Crippen molar-refractivity contribution in [3.05, 3.63) is 0 Å². The Morgan fingerprint density at radius 3 is 1.00 bits per heavy atom. The van der Waals surface area contributed by atoms with Gasteiger partial charge in [0.05, 0.1) is 0 Å². The summed E-state index contributed by atoms with van der Waals surface area (Å²) in [7, 11) is -29.2. The molecule has 0 aromatic carbocycles. The van der Waals surface area contributed by atoms with E-state index in [0.717, 1.165) is 0 Å². The fraction of sp³-hybridized carbons (Fsp3) is 1.00. The van der Waals surface area contributed by atoms with E-state index < -0.39 is 59.2 Å². The van der Waals surface area contributed by atoms with E-state index in [1.165, 1.54) is 0 Å². The smallest absolute Gasteiger partial charge is 0.342 e. The Morgan fingerprint density at radius 1 is 0.727 bits per heavy atom. The Balaban J connectivity index is -0.000000189. The zero-order valence-electron chi connectivity index (χ0n) is 15.6. The van der Waals surface area contributed by atoms with Gasteiger partial charge in [-0.3, -0.25) is 27.4 Å². The molecular formula is C7H23BrClF3O15P6. The number of rotatable bonds is 6. The van der Waals surface area contributed by atoms with Crippen LogP contribution < -0.4 is 0 Å². The van der Waals surface area contributed by atoms with Crippen molar-refractivity contribution >= 4 is 72.4 Å². The van der Waals surface area contributed by atoms with E-state index in [1.54, 1.807) is 0 Å². The minimum absolute atomic E-state index is 0. The van der Waals surface area contributed by atoms with Gasteiger partial charge in [-0.25, -0.2) is 13.2 Å². The van der Waals surface area contributed by atoms with Crippen LogP contribution in [0.15, 0.2) is 0 Å². The lowest BCUT2D eigenvalue weighted by atomic mass is 11.7. The third-order valence-corrected chi connectivity index (χ3v) is 18.1. The highest BCUT2D eigenvalue weighted by molar-refractivity contribution is 9.12. The van der Waals surface area contributed by atoms with Gasteiger partial charge in [0.25, 0.3) is 20.4 Å². The third kappa shape index (κ3) is 13.6. The molecule has 6 unspecified atom stereocenters. The van der Waals surface area contributed by atoms with Crippen molar-refractivity contribution in [3.8, 4) is 0 Å². The van der Waals surface area contributed by atoms with Crippen LogP contribution in [0.25, 0.3) is 0 Å². The number of hydrogen-bond acceptors (Lipinski definition) is 6. The molecular weight excluding hydrogens is 679 g/mol. The third-order valence-electron chi connectivity index (χ3n) is 2.37. The molecule has 0 spiro atoms. The number of hydrogen-bond donors (Lipinski definition) is 9. The van der Waals surface area contributed by atoms with Crippen LogP contribution in [0.3, 0.4) is 0 Å². The topological polar surface area (TPSA) is 284 Å². The molecule has 0 radical (unpaired) electrons. The molecule has 9 N–H and O–H groups in total. The van der Waals surface area contributed by atoms with Crippen LogP contribution in [0.2, 0.25) is 0 Å². The first-order valence-corrected chi connectivity index (χ1v) is 19.1. The second kappa shape index (κ2) is 12.9. The van der Waals surface area contributed by atoms with Crippen LogP contribution in [0.1, 0.15) is 7.43 Å². The fourth-order valence-corrected chi connectivity index (χ4v) is 6.86. The van der Waals surface area contributed by atoms with Crippen LogP contribution in [-0.2, 0) is 27.4 Å². The van der Waals surface area contributed by atoms with Crippen LogP contribution in [0.4, 0.5) is 13.2 Å². The highest BCUT2D eigenvalue weighted by Crippen LogP contribution is 2.73. The molecule has 15 nitrogen and oxygen atoms in total. The van der Waals surface area contributed by atoms with E-state index in [1.807, 2.05) is 15.9 Å². The van der Waals surface area contributed by atoms with Gasteiger partial charge < -0.3 is 44.0 Å². The molecule has 0 aliphatic rings. The molecule has 6 atom stereocenters. The van der Waals surface area contributed by atoms with Gasteiger partial charge in [-0.2, -0.15) is 0 Å². The molecule has 206 valence electrons. The van der Waals surface area contributed by atoms with Gasteiger partial charge in [0, 0.05) is 20.0 Å². The molecule has 26 heteroatoms. The summed E-state index contributed by atoms with van der Waals surface area (Å²) in [5.41, 5.74) is -2.96. The van der Waals surface area contributed by atoms with Crippen LogP contribution >= 0.6 is 72.4 Å². The summed E-state index contributed by atoms with van der Waals surface area (Å²) >= 11 is 6.43. The Labute approximate surface area is 198 Å². The Bertz CT molecular complexity index is 800. The lowest BCUT2D eigenvalue weighted by molar-refractivity contribution is 0.303. The molecule has 0 rings (SSSR count). The molecule has 0 saturated carbocycles. The summed E-state index contributed by atoms with van der Waals surface area (Å²) in [6.07, 6.45) is 0. The molecule has 0 aromatic rings. The normalized spacial score (nSPS) is 22.5. The minimum atomic E-state index is -5.40. The van der Waals surface area contributed by atoms with Crippen LogP contribution in [0, 0.1) is 0 Å². The van der Waals surface area contributed by atoms with Crippen molar-refractivity contribution in [3.63, 3.8) is 0 Å². The average molecular weight is 702 g/mol. The van der Waals surface area contributed by atoms with Crippen molar-refractivity contribution in [2.45, 2.75) is 21.8 Å². The fourth-order valence-electron chi connectivity index (χ4n) is 0.763. The molecule has 0 aromatic heterocycles. The predicted molar refractivity (Wildman–Crippen MR) is 117 cm³/mol. The summed E-state index contributed by atoms with van der Waals surface area (Å²) in [4.78, 5) is 74.1. The predicted octanol–water partition coefficient (Wildman–Crippen LogP) is 2.88. The highest BCUT2D eigenvalue weighted by atomic mass is 79.9. The van der Waals surface area contributed by atoms with Gasteiger partial charge in [-0.05, 0) is 15.9 Å². The Kier molecular flexibility index (Phi) is 16.3. The van der Waals surface area contributed by atoms with E-state index in [0.29, 0.717) is 20.0 Å². The van der Waals surface area contributed by atoms with Crippen LogP contribution in [0.5, 0.6) is 0 Å². The maximum Gasteiger partial charge on any atom is 0.388 e. The molecule has 0 saturated heterocycles. The van der Waals surface area contributed by atoms with Crippen molar-refractivity contribution < 1.29 is 84.6 Å². The first kappa shape index (κ1) is 41.7. The van der Waals surface area contributed by atoms with Gasteiger partial charge in [0.1, 0.15) is 0 Å². The lowest BCUT2D eigenvalue weighted by Gasteiger charge is -2.21. The molecule has 0 aliphatic carbocycles. The molecule has 0 amide bonds. The molecule has 0 heterocycles. The summed E-state index contributed by atoms with van der Waals surface area (Å²) in [6, 6.07) is 0. The quantitative estimate of drug-likeness (QED) is 0.142. The van der Waals surface area contributed by atoms with Gasteiger partial charge in [0.15, 0.2) is 0 Å². The second-order valence-corrected chi connectivity index (χ2v) is 22.3. The first-order chi connectivity index (χ1) is 13.2. The zero-order chi connectivity index (χ0) is 27.6. The summed E-state index contributed by atoms with van der Waals surface area (Å²) < 4.78 is 91.6. The maximum atomic E-state index is 12.7. The monoisotopic (exact) mass is 701 g/mol. The van der Waals surface area contributed by atoms with E-state index >= 15 is 0 Å². The van der Waals surface area contributed by atoms with Crippen LogP contribution in [-0.4, -0.2) is 78.4 Å². The second-order valence-electron chi connectivity index (χ2n) is 5.71. The minimum Gasteiger partial charge on any atom is -0.342 e. The average Bonchev–Trinajstić information content (AvgIpc) is 2.41. The van der Waals surface area contributed by atoms with Gasteiger partial charge in [-0.1, -0.05) is 19.0 Å². The molecule has 33 heavy (non-hydrogen) atoms. The zero-order valence-corrected chi connectivity index (χ0v) is 23.3.